The van der Waals surface area contributed by atoms with Crippen molar-refractivity contribution in [3.63, 3.8) is 0 Å². The van der Waals surface area contributed by atoms with Crippen LogP contribution in [0.25, 0.3) is 10.9 Å². The summed E-state index contributed by atoms with van der Waals surface area (Å²) in [7, 11) is 0. The van der Waals surface area contributed by atoms with Crippen molar-refractivity contribution in [1.82, 2.24) is 9.55 Å². The molecule has 2 aromatic carbocycles. The molecule has 0 fully saturated rings. The number of halogens is 2. The van der Waals surface area contributed by atoms with Crippen LogP contribution in [0, 0.1) is 18.6 Å². The molecule has 3 aromatic rings. The second kappa shape index (κ2) is 6.57. The van der Waals surface area contributed by atoms with Gasteiger partial charge in [0, 0.05) is 18.2 Å². The van der Waals surface area contributed by atoms with Gasteiger partial charge >= 0.3 is 0 Å². The highest BCUT2D eigenvalue weighted by Gasteiger charge is 2.26. The molecule has 1 aliphatic rings. The van der Waals surface area contributed by atoms with Crippen molar-refractivity contribution in [2.75, 3.05) is 11.4 Å². The number of para-hydroxylation sites is 1. The predicted octanol–water partition coefficient (Wildman–Crippen LogP) is 2.96. The number of fused-ring (bicyclic) bond motifs is 2. The summed E-state index contributed by atoms with van der Waals surface area (Å²) in [6.07, 6.45) is 2.36. The molecule has 0 saturated carbocycles. The fourth-order valence-electron chi connectivity index (χ4n) is 3.55. The van der Waals surface area contributed by atoms with Crippen LogP contribution in [0.5, 0.6) is 0 Å². The number of aromatic nitrogens is 2. The van der Waals surface area contributed by atoms with Crippen LogP contribution in [0.15, 0.2) is 41.5 Å². The lowest BCUT2D eigenvalue weighted by Gasteiger charge is -2.30. The molecule has 27 heavy (non-hydrogen) atoms. The Bertz CT molecular complexity index is 1120. The maximum atomic E-state index is 14.0. The fraction of sp³-hybridized carbons (Fsp3) is 0.250. The van der Waals surface area contributed by atoms with Gasteiger partial charge in [0.05, 0.1) is 22.9 Å². The number of anilines is 1. The summed E-state index contributed by atoms with van der Waals surface area (Å²) in [4.78, 5) is 31.1. The Hall–Kier alpha value is -3.09. The minimum Gasteiger partial charge on any atom is -0.310 e. The first-order chi connectivity index (χ1) is 13.0. The Morgan fingerprint density at radius 3 is 2.89 bits per heavy atom. The van der Waals surface area contributed by atoms with Gasteiger partial charge in [-0.2, -0.15) is 0 Å². The monoisotopic (exact) mass is 369 g/mol. The molecule has 2 heterocycles. The standard InChI is InChI=1S/C20H17F2N3O2/c1-12-4-2-5-15-19(12)23-11-24(20(15)27)10-18(26)25-7-3-6-14-16(22)8-13(21)9-17(14)25/h2,4-5,8-9,11H,3,6-7,10H2,1H3. The van der Waals surface area contributed by atoms with E-state index in [2.05, 4.69) is 4.98 Å². The van der Waals surface area contributed by atoms with E-state index < -0.39 is 17.5 Å². The van der Waals surface area contributed by atoms with E-state index in [0.29, 0.717) is 35.9 Å². The van der Waals surface area contributed by atoms with E-state index in [1.807, 2.05) is 13.0 Å². The summed E-state index contributed by atoms with van der Waals surface area (Å²) in [6, 6.07) is 7.28. The summed E-state index contributed by atoms with van der Waals surface area (Å²) >= 11 is 0. The molecule has 0 N–H and O–H groups in total. The molecule has 0 aliphatic carbocycles. The lowest BCUT2D eigenvalue weighted by atomic mass is 10.0. The van der Waals surface area contributed by atoms with Gasteiger partial charge in [-0.1, -0.05) is 12.1 Å². The van der Waals surface area contributed by atoms with Crippen molar-refractivity contribution >= 4 is 22.5 Å². The highest BCUT2D eigenvalue weighted by atomic mass is 19.1. The van der Waals surface area contributed by atoms with E-state index in [9.17, 15) is 18.4 Å². The molecule has 0 saturated heterocycles. The van der Waals surface area contributed by atoms with Gasteiger partial charge in [-0.15, -0.1) is 0 Å². The molecule has 5 nitrogen and oxygen atoms in total. The fourth-order valence-corrected chi connectivity index (χ4v) is 3.55. The van der Waals surface area contributed by atoms with E-state index in [-0.39, 0.29) is 17.8 Å². The van der Waals surface area contributed by atoms with Crippen molar-refractivity contribution in [2.45, 2.75) is 26.3 Å². The molecule has 0 bridgehead atoms. The van der Waals surface area contributed by atoms with Crippen LogP contribution >= 0.6 is 0 Å². The average molecular weight is 369 g/mol. The minimum absolute atomic E-state index is 0.237. The third-order valence-electron chi connectivity index (χ3n) is 4.90. The van der Waals surface area contributed by atoms with Crippen molar-refractivity contribution in [3.05, 3.63) is 69.8 Å². The maximum Gasteiger partial charge on any atom is 0.261 e. The number of benzene rings is 2. The van der Waals surface area contributed by atoms with Gasteiger partial charge in [0.1, 0.15) is 18.2 Å². The normalized spacial score (nSPS) is 13.7. The van der Waals surface area contributed by atoms with Crippen LogP contribution in [0.1, 0.15) is 17.5 Å². The van der Waals surface area contributed by atoms with Crippen LogP contribution < -0.4 is 10.5 Å². The van der Waals surface area contributed by atoms with Crippen molar-refractivity contribution in [1.29, 1.82) is 0 Å². The highest BCUT2D eigenvalue weighted by molar-refractivity contribution is 5.94. The number of carbonyl (C=O) groups is 1. The van der Waals surface area contributed by atoms with E-state index in [1.165, 1.54) is 21.9 Å². The zero-order valence-corrected chi connectivity index (χ0v) is 14.7. The Morgan fingerprint density at radius 2 is 2.07 bits per heavy atom. The average Bonchev–Trinajstić information content (AvgIpc) is 2.64. The summed E-state index contributed by atoms with van der Waals surface area (Å²) in [5.74, 6) is -1.79. The number of hydrogen-bond donors (Lipinski definition) is 0. The third-order valence-corrected chi connectivity index (χ3v) is 4.90. The highest BCUT2D eigenvalue weighted by Crippen LogP contribution is 2.30. The Balaban J connectivity index is 1.70. The topological polar surface area (TPSA) is 55.2 Å². The second-order valence-corrected chi connectivity index (χ2v) is 6.68. The number of rotatable bonds is 2. The smallest absolute Gasteiger partial charge is 0.261 e. The van der Waals surface area contributed by atoms with Gasteiger partial charge in [-0.25, -0.2) is 13.8 Å². The van der Waals surface area contributed by atoms with Gasteiger partial charge in [0.2, 0.25) is 5.91 Å². The first-order valence-corrected chi connectivity index (χ1v) is 8.69. The number of nitrogens with zero attached hydrogens (tertiary/aromatic N) is 3. The van der Waals surface area contributed by atoms with Crippen LogP contribution in [-0.4, -0.2) is 22.0 Å². The first-order valence-electron chi connectivity index (χ1n) is 8.69. The van der Waals surface area contributed by atoms with Gasteiger partial charge in [0.15, 0.2) is 0 Å². The third kappa shape index (κ3) is 2.99. The molecule has 0 atom stereocenters. The van der Waals surface area contributed by atoms with E-state index in [0.717, 1.165) is 11.6 Å². The van der Waals surface area contributed by atoms with Crippen LogP contribution in [-0.2, 0) is 17.8 Å². The quantitative estimate of drug-likeness (QED) is 0.698. The maximum absolute atomic E-state index is 14.0. The summed E-state index contributed by atoms with van der Waals surface area (Å²) < 4.78 is 28.9. The predicted molar refractivity (Wildman–Crippen MR) is 97.8 cm³/mol. The summed E-state index contributed by atoms with van der Waals surface area (Å²) in [5, 5.41) is 0.432. The molecule has 1 aliphatic heterocycles. The Kier molecular flexibility index (Phi) is 4.22. The molecule has 0 spiro atoms. The van der Waals surface area contributed by atoms with Crippen molar-refractivity contribution in [2.24, 2.45) is 0 Å². The van der Waals surface area contributed by atoms with Crippen molar-refractivity contribution in [3.8, 4) is 0 Å². The molecular weight excluding hydrogens is 352 g/mol. The molecular formula is C20H17F2N3O2. The molecule has 1 amide bonds. The van der Waals surface area contributed by atoms with Crippen molar-refractivity contribution < 1.29 is 13.6 Å². The molecule has 1 aromatic heterocycles. The number of carbonyl (C=O) groups excluding carboxylic acids is 1. The lowest BCUT2D eigenvalue weighted by molar-refractivity contribution is -0.119. The summed E-state index contributed by atoms with van der Waals surface area (Å²) in [5.41, 5.74) is 1.72. The lowest BCUT2D eigenvalue weighted by Crippen LogP contribution is -2.40. The van der Waals surface area contributed by atoms with Crippen LogP contribution in [0.2, 0.25) is 0 Å². The largest absolute Gasteiger partial charge is 0.310 e. The zero-order valence-electron chi connectivity index (χ0n) is 14.7. The second-order valence-electron chi connectivity index (χ2n) is 6.68. The first kappa shape index (κ1) is 17.3. The molecule has 0 unspecified atom stereocenters. The zero-order chi connectivity index (χ0) is 19.1. The minimum atomic E-state index is -0.731. The molecule has 0 radical (unpaired) electrons. The van der Waals surface area contributed by atoms with Gasteiger partial charge in [-0.3, -0.25) is 14.2 Å². The number of amides is 1. The van der Waals surface area contributed by atoms with Crippen LogP contribution in [0.3, 0.4) is 0 Å². The van der Waals surface area contributed by atoms with Gasteiger partial charge in [0.25, 0.3) is 5.56 Å². The van der Waals surface area contributed by atoms with E-state index in [4.69, 9.17) is 0 Å². The SMILES string of the molecule is Cc1cccc2c(=O)n(CC(=O)N3CCCc4c(F)cc(F)cc43)cnc12. The molecule has 138 valence electrons. The molecule has 7 heteroatoms. The molecule has 4 rings (SSSR count). The number of aryl methyl sites for hydroxylation is 1. The van der Waals surface area contributed by atoms with E-state index in [1.54, 1.807) is 12.1 Å². The van der Waals surface area contributed by atoms with Gasteiger partial charge < -0.3 is 4.90 Å². The van der Waals surface area contributed by atoms with E-state index >= 15 is 0 Å². The van der Waals surface area contributed by atoms with Gasteiger partial charge in [-0.05, 0) is 37.5 Å². The Morgan fingerprint density at radius 1 is 1.26 bits per heavy atom. The number of hydrogen-bond acceptors (Lipinski definition) is 3. The van der Waals surface area contributed by atoms with Crippen LogP contribution in [0.4, 0.5) is 14.5 Å². The Labute approximate surface area is 153 Å². The summed E-state index contributed by atoms with van der Waals surface area (Å²) in [6.45, 7) is 1.97.